The van der Waals surface area contributed by atoms with Crippen molar-refractivity contribution in [2.75, 3.05) is 7.11 Å². The van der Waals surface area contributed by atoms with Gasteiger partial charge in [0.1, 0.15) is 16.5 Å². The van der Waals surface area contributed by atoms with Crippen LogP contribution in [0.25, 0.3) is 10.6 Å². The van der Waals surface area contributed by atoms with Gasteiger partial charge in [0.05, 0.1) is 12.8 Å². The maximum Gasteiger partial charge on any atom is 0.347 e. The highest BCUT2D eigenvalue weighted by atomic mass is 32.1. The van der Waals surface area contributed by atoms with Crippen molar-refractivity contribution in [2.45, 2.75) is 20.5 Å². The zero-order chi connectivity index (χ0) is 18.7. The largest absolute Gasteiger partial charge is 0.493 e. The summed E-state index contributed by atoms with van der Waals surface area (Å²) >= 11 is 1.15. The molecule has 1 heterocycles. The van der Waals surface area contributed by atoms with Crippen LogP contribution in [-0.4, -0.2) is 23.2 Å². The van der Waals surface area contributed by atoms with Gasteiger partial charge in [-0.2, -0.15) is 0 Å². The Bertz CT molecular complexity index is 931. The van der Waals surface area contributed by atoms with E-state index >= 15 is 0 Å². The molecule has 1 N–H and O–H groups in total. The van der Waals surface area contributed by atoms with Gasteiger partial charge >= 0.3 is 5.97 Å². The molecule has 0 saturated carbocycles. The summed E-state index contributed by atoms with van der Waals surface area (Å²) in [7, 11) is 1.59. The first-order valence-corrected chi connectivity index (χ1v) is 8.87. The van der Waals surface area contributed by atoms with Gasteiger partial charge in [0.2, 0.25) is 0 Å². The summed E-state index contributed by atoms with van der Waals surface area (Å²) in [5, 5.41) is 9.86. The average Bonchev–Trinajstić information content (AvgIpc) is 3.03. The maximum atomic E-state index is 11.2. The monoisotopic (exact) mass is 369 g/mol. The van der Waals surface area contributed by atoms with Crippen molar-refractivity contribution in [1.29, 1.82) is 0 Å². The number of hydrogen-bond acceptors (Lipinski definition) is 5. The van der Waals surface area contributed by atoms with E-state index < -0.39 is 5.97 Å². The number of aromatic nitrogens is 1. The SMILES string of the molecule is COc1ccc(-c2nc(C)c(C(=O)O)s2)cc1OCc1ccc(C)cc1. The molecule has 1 aromatic heterocycles. The second kappa shape index (κ2) is 7.58. The molecule has 3 rings (SSSR count). The van der Waals surface area contributed by atoms with Crippen molar-refractivity contribution in [1.82, 2.24) is 4.98 Å². The number of thiazole rings is 1. The molecule has 3 aromatic rings. The fraction of sp³-hybridized carbons (Fsp3) is 0.200. The molecule has 0 aliphatic rings. The van der Waals surface area contributed by atoms with Gasteiger partial charge in [-0.15, -0.1) is 11.3 Å². The minimum absolute atomic E-state index is 0.248. The quantitative estimate of drug-likeness (QED) is 0.681. The van der Waals surface area contributed by atoms with Gasteiger partial charge in [-0.3, -0.25) is 0 Å². The average molecular weight is 369 g/mol. The van der Waals surface area contributed by atoms with Crippen LogP contribution in [0.5, 0.6) is 11.5 Å². The van der Waals surface area contributed by atoms with Gasteiger partial charge in [-0.25, -0.2) is 9.78 Å². The van der Waals surface area contributed by atoms with Gasteiger partial charge in [0.15, 0.2) is 11.5 Å². The van der Waals surface area contributed by atoms with Crippen LogP contribution in [0, 0.1) is 13.8 Å². The third-order valence-corrected chi connectivity index (χ3v) is 5.11. The molecule has 6 heteroatoms. The normalized spacial score (nSPS) is 10.6. The second-order valence-corrected chi connectivity index (χ2v) is 6.88. The van der Waals surface area contributed by atoms with E-state index in [1.165, 1.54) is 5.56 Å². The van der Waals surface area contributed by atoms with Gasteiger partial charge in [0, 0.05) is 5.56 Å². The Labute approximate surface area is 155 Å². The molecule has 0 aliphatic carbocycles. The van der Waals surface area contributed by atoms with Crippen LogP contribution in [-0.2, 0) is 6.61 Å². The molecule has 0 amide bonds. The van der Waals surface area contributed by atoms with Crippen molar-refractivity contribution in [3.63, 3.8) is 0 Å². The summed E-state index contributed by atoms with van der Waals surface area (Å²) in [5.74, 6) is 0.249. The lowest BCUT2D eigenvalue weighted by atomic mass is 10.1. The van der Waals surface area contributed by atoms with Crippen molar-refractivity contribution in [3.05, 3.63) is 64.2 Å². The second-order valence-electron chi connectivity index (χ2n) is 5.88. The van der Waals surface area contributed by atoms with Crippen LogP contribution in [0.3, 0.4) is 0 Å². The van der Waals surface area contributed by atoms with Crippen LogP contribution in [0.4, 0.5) is 0 Å². The van der Waals surface area contributed by atoms with Crippen molar-refractivity contribution < 1.29 is 19.4 Å². The van der Waals surface area contributed by atoms with Crippen molar-refractivity contribution >= 4 is 17.3 Å². The number of nitrogens with zero attached hydrogens (tertiary/aromatic N) is 1. The van der Waals surface area contributed by atoms with E-state index in [0.29, 0.717) is 28.8 Å². The van der Waals surface area contributed by atoms with Crippen LogP contribution >= 0.6 is 11.3 Å². The Morgan fingerprint density at radius 3 is 2.46 bits per heavy atom. The summed E-state index contributed by atoms with van der Waals surface area (Å²) in [4.78, 5) is 15.9. The molecule has 0 fully saturated rings. The molecule has 0 radical (unpaired) electrons. The Kier molecular flexibility index (Phi) is 5.23. The summed E-state index contributed by atoms with van der Waals surface area (Å²) in [6.07, 6.45) is 0. The summed E-state index contributed by atoms with van der Waals surface area (Å²) in [5.41, 5.74) is 3.56. The molecule has 0 unspecified atom stereocenters. The van der Waals surface area contributed by atoms with E-state index in [2.05, 4.69) is 4.98 Å². The molecule has 0 atom stereocenters. The van der Waals surface area contributed by atoms with E-state index in [0.717, 1.165) is 22.5 Å². The number of carboxylic acids is 1. The van der Waals surface area contributed by atoms with E-state index in [1.54, 1.807) is 20.1 Å². The summed E-state index contributed by atoms with van der Waals surface area (Å²) in [6, 6.07) is 13.6. The van der Waals surface area contributed by atoms with Gasteiger partial charge in [-0.1, -0.05) is 29.8 Å². The lowest BCUT2D eigenvalue weighted by Gasteiger charge is -2.12. The van der Waals surface area contributed by atoms with E-state index in [-0.39, 0.29) is 4.88 Å². The predicted octanol–water partition coefficient (Wildman–Crippen LogP) is 4.71. The predicted molar refractivity (Wildman–Crippen MR) is 101 cm³/mol. The number of rotatable bonds is 6. The molecule has 2 aromatic carbocycles. The fourth-order valence-electron chi connectivity index (χ4n) is 2.49. The summed E-state index contributed by atoms with van der Waals surface area (Å²) < 4.78 is 11.3. The lowest BCUT2D eigenvalue weighted by Crippen LogP contribution is -1.98. The summed E-state index contributed by atoms with van der Waals surface area (Å²) in [6.45, 7) is 4.15. The number of carboxylic acid groups (broad SMARTS) is 1. The fourth-order valence-corrected chi connectivity index (χ4v) is 3.39. The number of ether oxygens (including phenoxy) is 2. The maximum absolute atomic E-state index is 11.2. The van der Waals surface area contributed by atoms with E-state index in [9.17, 15) is 9.90 Å². The highest BCUT2D eigenvalue weighted by molar-refractivity contribution is 7.17. The number of aromatic carboxylic acids is 1. The number of methoxy groups -OCH3 is 1. The highest BCUT2D eigenvalue weighted by Gasteiger charge is 2.16. The smallest absolute Gasteiger partial charge is 0.347 e. The van der Waals surface area contributed by atoms with E-state index in [4.69, 9.17) is 9.47 Å². The first-order chi connectivity index (χ1) is 12.5. The molecule has 0 aliphatic heterocycles. The van der Waals surface area contributed by atoms with Crippen LogP contribution < -0.4 is 9.47 Å². The Morgan fingerprint density at radius 1 is 1.12 bits per heavy atom. The minimum atomic E-state index is -0.962. The molecule has 134 valence electrons. The highest BCUT2D eigenvalue weighted by Crippen LogP contribution is 2.35. The van der Waals surface area contributed by atoms with Crippen molar-refractivity contribution in [2.24, 2.45) is 0 Å². The first-order valence-electron chi connectivity index (χ1n) is 8.05. The van der Waals surface area contributed by atoms with E-state index in [1.807, 2.05) is 43.3 Å². The Hall–Kier alpha value is -2.86. The third-order valence-electron chi connectivity index (χ3n) is 3.92. The standard InChI is InChI=1S/C20H19NO4S/c1-12-4-6-14(7-5-12)11-25-17-10-15(8-9-16(17)24-3)19-21-13(2)18(26-19)20(22)23/h4-10H,11H2,1-3H3,(H,22,23). The van der Waals surface area contributed by atoms with Gasteiger partial charge in [-0.05, 0) is 37.6 Å². The number of carbonyl (C=O) groups is 1. The van der Waals surface area contributed by atoms with Crippen LogP contribution in [0.15, 0.2) is 42.5 Å². The molecule has 5 nitrogen and oxygen atoms in total. The Morgan fingerprint density at radius 2 is 1.85 bits per heavy atom. The zero-order valence-corrected chi connectivity index (χ0v) is 15.6. The topological polar surface area (TPSA) is 68.7 Å². The molecular weight excluding hydrogens is 350 g/mol. The van der Waals surface area contributed by atoms with Crippen LogP contribution in [0.1, 0.15) is 26.5 Å². The molecule has 0 bridgehead atoms. The molecule has 26 heavy (non-hydrogen) atoms. The number of benzene rings is 2. The van der Waals surface area contributed by atoms with Gasteiger partial charge < -0.3 is 14.6 Å². The molecule has 0 saturated heterocycles. The number of hydrogen-bond donors (Lipinski definition) is 1. The van der Waals surface area contributed by atoms with Crippen LogP contribution in [0.2, 0.25) is 0 Å². The van der Waals surface area contributed by atoms with Gasteiger partial charge in [0.25, 0.3) is 0 Å². The number of aryl methyl sites for hydroxylation is 2. The zero-order valence-electron chi connectivity index (χ0n) is 14.8. The first kappa shape index (κ1) is 17.9. The molecular formula is C20H19NO4S. The molecule has 0 spiro atoms. The lowest BCUT2D eigenvalue weighted by molar-refractivity contribution is 0.0701. The third kappa shape index (κ3) is 3.86. The minimum Gasteiger partial charge on any atom is -0.493 e. The Balaban J connectivity index is 1.87. The van der Waals surface area contributed by atoms with Crippen molar-refractivity contribution in [3.8, 4) is 22.1 Å².